The van der Waals surface area contributed by atoms with Crippen molar-refractivity contribution in [2.45, 2.75) is 19.9 Å². The van der Waals surface area contributed by atoms with Crippen LogP contribution in [-0.2, 0) is 6.54 Å². The quantitative estimate of drug-likeness (QED) is 0.701. The van der Waals surface area contributed by atoms with Crippen molar-refractivity contribution in [2.24, 2.45) is 5.73 Å². The number of anilines is 1. The Morgan fingerprint density at radius 3 is 3.07 bits per heavy atom. The molecule has 0 aliphatic heterocycles. The molecule has 0 aliphatic rings. The van der Waals surface area contributed by atoms with Crippen LogP contribution < -0.4 is 11.1 Å². The van der Waals surface area contributed by atoms with Gasteiger partial charge in [-0.2, -0.15) is 5.10 Å². The van der Waals surface area contributed by atoms with E-state index in [1.807, 2.05) is 0 Å². The summed E-state index contributed by atoms with van der Waals surface area (Å²) in [7, 11) is 0. The summed E-state index contributed by atoms with van der Waals surface area (Å²) >= 11 is 0. The Morgan fingerprint density at radius 2 is 2.33 bits per heavy atom. The molecule has 0 fully saturated rings. The molecule has 0 saturated heterocycles. The molecule has 0 bridgehead atoms. The van der Waals surface area contributed by atoms with Gasteiger partial charge in [-0.25, -0.2) is 0 Å². The maximum atomic E-state index is 5.67. The van der Waals surface area contributed by atoms with E-state index >= 15 is 0 Å². The first-order chi connectivity index (χ1) is 7.36. The van der Waals surface area contributed by atoms with Crippen LogP contribution in [0.2, 0.25) is 0 Å². The van der Waals surface area contributed by atoms with Crippen LogP contribution in [0, 0.1) is 0 Å². The molecule has 2 aromatic rings. The van der Waals surface area contributed by atoms with Gasteiger partial charge < -0.3 is 11.1 Å². The number of nitrogens with zero attached hydrogens (tertiary/aromatic N) is 2. The number of aromatic amines is 1. The fourth-order valence-electron chi connectivity index (χ4n) is 1.54. The largest absolute Gasteiger partial charge is 0.383 e. The van der Waals surface area contributed by atoms with E-state index < -0.39 is 0 Å². The first-order valence-corrected chi connectivity index (χ1v) is 5.11. The van der Waals surface area contributed by atoms with Crippen LogP contribution in [0.4, 0.5) is 5.69 Å². The predicted molar refractivity (Wildman–Crippen MR) is 60.6 cm³/mol. The topological polar surface area (TPSA) is 79.6 Å². The van der Waals surface area contributed by atoms with Crippen molar-refractivity contribution in [1.29, 1.82) is 0 Å². The van der Waals surface area contributed by atoms with E-state index in [-0.39, 0.29) is 0 Å². The highest BCUT2D eigenvalue weighted by Gasteiger charge is 2.08. The van der Waals surface area contributed by atoms with E-state index in [1.54, 1.807) is 12.4 Å². The molecule has 15 heavy (non-hydrogen) atoms. The number of H-pyrrole nitrogens is 1. The molecule has 5 nitrogen and oxygen atoms in total. The molecule has 0 radical (unpaired) electrons. The Kier molecular flexibility index (Phi) is 2.82. The van der Waals surface area contributed by atoms with Gasteiger partial charge in [-0.15, -0.1) is 0 Å². The van der Waals surface area contributed by atoms with Gasteiger partial charge in [0.2, 0.25) is 0 Å². The van der Waals surface area contributed by atoms with Crippen molar-refractivity contribution < 1.29 is 0 Å². The second kappa shape index (κ2) is 4.27. The van der Waals surface area contributed by atoms with Crippen LogP contribution in [0.1, 0.15) is 18.9 Å². The molecular formula is C10H15N5. The first-order valence-electron chi connectivity index (χ1n) is 5.11. The van der Waals surface area contributed by atoms with Crippen molar-refractivity contribution >= 4 is 16.7 Å². The number of aromatic nitrogens is 3. The molecule has 2 rings (SSSR count). The second-order valence-electron chi connectivity index (χ2n) is 3.42. The Morgan fingerprint density at radius 1 is 1.47 bits per heavy atom. The molecule has 0 spiro atoms. The van der Waals surface area contributed by atoms with E-state index in [2.05, 4.69) is 27.4 Å². The van der Waals surface area contributed by atoms with Gasteiger partial charge >= 0.3 is 0 Å². The van der Waals surface area contributed by atoms with Crippen molar-refractivity contribution in [3.05, 3.63) is 18.0 Å². The van der Waals surface area contributed by atoms with Gasteiger partial charge in [0.25, 0.3) is 0 Å². The number of rotatable bonds is 4. The molecule has 2 heterocycles. The Labute approximate surface area is 88.1 Å². The highest BCUT2D eigenvalue weighted by Crippen LogP contribution is 2.23. The van der Waals surface area contributed by atoms with Gasteiger partial charge in [-0.3, -0.25) is 10.1 Å². The number of hydrogen-bond donors (Lipinski definition) is 3. The summed E-state index contributed by atoms with van der Waals surface area (Å²) in [4.78, 5) is 4.27. The summed E-state index contributed by atoms with van der Waals surface area (Å²) in [5.74, 6) is 0. The van der Waals surface area contributed by atoms with Crippen LogP contribution in [0.15, 0.2) is 12.4 Å². The molecule has 0 amide bonds. The van der Waals surface area contributed by atoms with Crippen molar-refractivity contribution in [3.8, 4) is 0 Å². The Hall–Kier alpha value is -1.62. The Balaban J connectivity index is 2.48. The van der Waals surface area contributed by atoms with Crippen molar-refractivity contribution in [2.75, 3.05) is 11.9 Å². The zero-order valence-corrected chi connectivity index (χ0v) is 8.75. The summed E-state index contributed by atoms with van der Waals surface area (Å²) < 4.78 is 0. The van der Waals surface area contributed by atoms with Gasteiger partial charge in [0.1, 0.15) is 11.0 Å². The highest BCUT2D eigenvalue weighted by molar-refractivity contribution is 5.88. The van der Waals surface area contributed by atoms with Crippen LogP contribution in [0.3, 0.4) is 0 Å². The van der Waals surface area contributed by atoms with Crippen LogP contribution in [0.25, 0.3) is 11.0 Å². The number of pyridine rings is 1. The monoisotopic (exact) mass is 205 g/mol. The summed E-state index contributed by atoms with van der Waals surface area (Å²) in [6.07, 6.45) is 4.59. The van der Waals surface area contributed by atoms with E-state index in [1.165, 1.54) is 0 Å². The maximum Gasteiger partial charge on any atom is 0.110 e. The normalized spacial score (nSPS) is 10.8. The van der Waals surface area contributed by atoms with Gasteiger partial charge in [-0.1, -0.05) is 6.92 Å². The molecule has 4 N–H and O–H groups in total. The minimum atomic E-state index is 0.480. The second-order valence-corrected chi connectivity index (χ2v) is 3.42. The van der Waals surface area contributed by atoms with Crippen molar-refractivity contribution in [1.82, 2.24) is 15.2 Å². The summed E-state index contributed by atoms with van der Waals surface area (Å²) in [5, 5.41) is 10.3. The van der Waals surface area contributed by atoms with Crippen LogP contribution in [0.5, 0.6) is 0 Å². The predicted octanol–water partition coefficient (Wildman–Crippen LogP) is 1.24. The smallest absolute Gasteiger partial charge is 0.110 e. The minimum absolute atomic E-state index is 0.480. The molecule has 2 aromatic heterocycles. The Bertz CT molecular complexity index is 448. The molecular weight excluding hydrogens is 190 g/mol. The van der Waals surface area contributed by atoms with Crippen molar-refractivity contribution in [3.63, 3.8) is 0 Å². The zero-order chi connectivity index (χ0) is 10.7. The van der Waals surface area contributed by atoms with Crippen LogP contribution >= 0.6 is 0 Å². The maximum absolute atomic E-state index is 5.67. The number of nitrogens with two attached hydrogens (primary N) is 1. The summed E-state index contributed by atoms with van der Waals surface area (Å²) in [5.41, 5.74) is 9.51. The van der Waals surface area contributed by atoms with E-state index in [0.29, 0.717) is 6.54 Å². The molecule has 0 aromatic carbocycles. The number of hydrogen-bond acceptors (Lipinski definition) is 4. The number of nitrogens with one attached hydrogen (secondary N) is 2. The third-order valence-electron chi connectivity index (χ3n) is 2.32. The summed E-state index contributed by atoms with van der Waals surface area (Å²) in [6.45, 7) is 3.53. The first kappa shape index (κ1) is 9.92. The fraction of sp³-hybridized carbons (Fsp3) is 0.400. The van der Waals surface area contributed by atoms with Gasteiger partial charge in [-0.05, 0) is 6.42 Å². The average Bonchev–Trinajstić information content (AvgIpc) is 2.73. The average molecular weight is 205 g/mol. The van der Waals surface area contributed by atoms with Gasteiger partial charge in [0.05, 0.1) is 11.9 Å². The molecule has 0 unspecified atom stereocenters. The lowest BCUT2D eigenvalue weighted by Crippen LogP contribution is -2.07. The molecule has 80 valence electrons. The highest BCUT2D eigenvalue weighted by atomic mass is 15.1. The lowest BCUT2D eigenvalue weighted by atomic mass is 10.2. The van der Waals surface area contributed by atoms with E-state index in [9.17, 15) is 0 Å². The standard InChI is InChI=1S/C10H15N5/c1-2-3-12-9-7(4-11)5-13-8-6-14-15-10(8)9/h5-6H,2-4,11H2,1H3,(H,12,13)(H,14,15). The third kappa shape index (κ3) is 1.78. The molecule has 0 saturated carbocycles. The van der Waals surface area contributed by atoms with E-state index in [0.717, 1.165) is 35.2 Å². The molecule has 0 aliphatic carbocycles. The minimum Gasteiger partial charge on any atom is -0.383 e. The fourth-order valence-corrected chi connectivity index (χ4v) is 1.54. The molecule has 5 heteroatoms. The lowest BCUT2D eigenvalue weighted by Gasteiger charge is -2.10. The zero-order valence-electron chi connectivity index (χ0n) is 8.75. The number of fused-ring (bicyclic) bond motifs is 1. The molecule has 0 atom stereocenters. The van der Waals surface area contributed by atoms with Crippen LogP contribution in [-0.4, -0.2) is 21.7 Å². The SMILES string of the molecule is CCCNc1c(CN)cnc2cn[nH]c12. The third-order valence-corrected chi connectivity index (χ3v) is 2.32. The van der Waals surface area contributed by atoms with Gasteiger partial charge in [0.15, 0.2) is 0 Å². The summed E-state index contributed by atoms with van der Waals surface area (Å²) in [6, 6.07) is 0. The van der Waals surface area contributed by atoms with Gasteiger partial charge in [0, 0.05) is 24.8 Å². The lowest BCUT2D eigenvalue weighted by molar-refractivity contribution is 0.966. The van der Waals surface area contributed by atoms with E-state index in [4.69, 9.17) is 5.73 Å².